The number of alkyl halides is 1. The molecule has 0 bridgehead atoms. The third kappa shape index (κ3) is 2.34. The van der Waals surface area contributed by atoms with Crippen LogP contribution in [0.25, 0.3) is 0 Å². The molecule has 1 nitrogen and oxygen atoms in total. The molecule has 0 radical (unpaired) electrons. The zero-order valence-electron chi connectivity index (χ0n) is 14.9. The number of allylic oxidation sites excluding steroid dienone is 2. The fourth-order valence-electron chi connectivity index (χ4n) is 7.41. The van der Waals surface area contributed by atoms with Gasteiger partial charge in [0.05, 0.1) is 5.60 Å². The summed E-state index contributed by atoms with van der Waals surface area (Å²) in [6.07, 6.45) is 12.9. The molecule has 4 rings (SSSR count). The van der Waals surface area contributed by atoms with Crippen molar-refractivity contribution in [1.82, 2.24) is 0 Å². The van der Waals surface area contributed by atoms with Crippen molar-refractivity contribution >= 4 is 0 Å². The first-order valence-corrected chi connectivity index (χ1v) is 9.95. The molecule has 0 aromatic heterocycles. The summed E-state index contributed by atoms with van der Waals surface area (Å²) in [4.78, 5) is 0. The summed E-state index contributed by atoms with van der Waals surface area (Å²) in [5.74, 6) is 3.98. The molecule has 0 saturated heterocycles. The second-order valence-corrected chi connectivity index (χ2v) is 9.34. The molecule has 0 aliphatic heterocycles. The van der Waals surface area contributed by atoms with Crippen molar-refractivity contribution in [2.75, 3.05) is 6.67 Å². The summed E-state index contributed by atoms with van der Waals surface area (Å²) in [5, 5.41) is 10.4. The predicted molar refractivity (Wildman–Crippen MR) is 91.8 cm³/mol. The maximum absolute atomic E-state index is 13.2. The lowest BCUT2D eigenvalue weighted by Gasteiger charge is -2.56. The van der Waals surface area contributed by atoms with Crippen LogP contribution in [0.1, 0.15) is 71.6 Å². The van der Waals surface area contributed by atoms with Crippen LogP contribution in [0.4, 0.5) is 4.39 Å². The van der Waals surface area contributed by atoms with Crippen LogP contribution in [0.2, 0.25) is 0 Å². The molecule has 0 amide bonds. The van der Waals surface area contributed by atoms with E-state index in [4.69, 9.17) is 0 Å². The number of halogens is 1. The van der Waals surface area contributed by atoms with Gasteiger partial charge in [-0.2, -0.15) is 0 Å². The van der Waals surface area contributed by atoms with Crippen molar-refractivity contribution in [3.05, 3.63) is 11.6 Å². The summed E-state index contributed by atoms with van der Waals surface area (Å²) in [5.41, 5.74) is 1.19. The fourth-order valence-corrected chi connectivity index (χ4v) is 7.41. The van der Waals surface area contributed by atoms with Crippen LogP contribution in [0.3, 0.4) is 0 Å². The summed E-state index contributed by atoms with van der Waals surface area (Å²) in [6, 6.07) is 0. The van der Waals surface area contributed by atoms with Crippen LogP contribution in [0.15, 0.2) is 11.6 Å². The van der Waals surface area contributed by atoms with Crippen molar-refractivity contribution < 1.29 is 9.50 Å². The maximum atomic E-state index is 13.2. The van der Waals surface area contributed by atoms with Crippen LogP contribution in [0, 0.1) is 35.0 Å². The summed E-state index contributed by atoms with van der Waals surface area (Å²) >= 11 is 0. The van der Waals surface area contributed by atoms with Gasteiger partial charge in [0.25, 0.3) is 0 Å². The van der Waals surface area contributed by atoms with E-state index in [1.807, 2.05) is 0 Å². The van der Waals surface area contributed by atoms with E-state index in [0.29, 0.717) is 17.8 Å². The third-order valence-corrected chi connectivity index (χ3v) is 8.55. The van der Waals surface area contributed by atoms with Crippen LogP contribution >= 0.6 is 0 Å². The van der Waals surface area contributed by atoms with Crippen molar-refractivity contribution in [3.63, 3.8) is 0 Å². The first kappa shape index (κ1) is 16.1. The Labute approximate surface area is 140 Å². The molecule has 4 fully saturated rings. The van der Waals surface area contributed by atoms with Gasteiger partial charge in [-0.15, -0.1) is 0 Å². The quantitative estimate of drug-likeness (QED) is 0.651. The lowest BCUT2D eigenvalue weighted by atomic mass is 9.49. The molecule has 4 saturated carbocycles. The lowest BCUT2D eigenvalue weighted by molar-refractivity contribution is -0.104. The molecule has 0 aromatic rings. The topological polar surface area (TPSA) is 20.2 Å². The van der Waals surface area contributed by atoms with E-state index < -0.39 is 12.3 Å². The highest BCUT2D eigenvalue weighted by Gasteiger charge is 2.56. The van der Waals surface area contributed by atoms with Crippen LogP contribution in [-0.2, 0) is 0 Å². The van der Waals surface area contributed by atoms with Crippen molar-refractivity contribution in [2.24, 2.45) is 35.0 Å². The number of fused-ring (bicyclic) bond motifs is 5. The number of hydrogen-bond acceptors (Lipinski definition) is 1. The van der Waals surface area contributed by atoms with Gasteiger partial charge < -0.3 is 5.11 Å². The van der Waals surface area contributed by atoms with E-state index in [1.54, 1.807) is 5.57 Å². The molecule has 2 heteroatoms. The highest BCUT2D eigenvalue weighted by atomic mass is 19.1. The molecule has 0 spiro atoms. The van der Waals surface area contributed by atoms with E-state index in [2.05, 4.69) is 19.9 Å². The van der Waals surface area contributed by atoms with E-state index in [-0.39, 0.29) is 0 Å². The Bertz CT molecular complexity index is 500. The Morgan fingerprint density at radius 1 is 1.09 bits per heavy atom. The average Bonchev–Trinajstić information content (AvgIpc) is 2.90. The Morgan fingerprint density at radius 2 is 1.87 bits per heavy atom. The fraction of sp³-hybridized carbons (Fsp3) is 0.905. The minimum absolute atomic E-state index is 0.469. The van der Waals surface area contributed by atoms with Crippen molar-refractivity contribution in [1.29, 1.82) is 0 Å². The van der Waals surface area contributed by atoms with Gasteiger partial charge >= 0.3 is 0 Å². The van der Waals surface area contributed by atoms with Gasteiger partial charge in [0.1, 0.15) is 6.67 Å². The van der Waals surface area contributed by atoms with Gasteiger partial charge in [0.2, 0.25) is 0 Å². The maximum Gasteiger partial charge on any atom is 0.118 e. The average molecular weight is 320 g/mol. The van der Waals surface area contributed by atoms with Gasteiger partial charge in [0.15, 0.2) is 0 Å². The highest BCUT2D eigenvalue weighted by Crippen LogP contribution is 2.64. The van der Waals surface area contributed by atoms with Gasteiger partial charge in [-0.05, 0) is 99.7 Å². The molecule has 130 valence electrons. The minimum atomic E-state index is -0.997. The lowest BCUT2D eigenvalue weighted by Crippen LogP contribution is -2.50. The smallest absolute Gasteiger partial charge is 0.118 e. The first-order chi connectivity index (χ1) is 11.0. The molecular formula is C21H33FO. The number of aliphatic hydroxyl groups is 1. The minimum Gasteiger partial charge on any atom is -0.387 e. The third-order valence-electron chi connectivity index (χ3n) is 8.55. The first-order valence-electron chi connectivity index (χ1n) is 9.95. The van der Waals surface area contributed by atoms with Gasteiger partial charge in [-0.1, -0.05) is 18.6 Å². The molecule has 4 aliphatic carbocycles. The monoisotopic (exact) mass is 320 g/mol. The number of rotatable bonds is 1. The Morgan fingerprint density at radius 3 is 2.61 bits per heavy atom. The molecule has 4 aliphatic rings. The normalized spacial score (nSPS) is 54.4. The van der Waals surface area contributed by atoms with Crippen molar-refractivity contribution in [2.45, 2.75) is 77.2 Å². The number of hydrogen-bond donors (Lipinski definition) is 1. The van der Waals surface area contributed by atoms with E-state index in [0.717, 1.165) is 36.5 Å². The molecular weight excluding hydrogens is 287 g/mol. The molecule has 0 aromatic carbocycles. The zero-order chi connectivity index (χ0) is 16.2. The van der Waals surface area contributed by atoms with Crippen LogP contribution in [-0.4, -0.2) is 17.4 Å². The summed E-state index contributed by atoms with van der Waals surface area (Å²) in [6.45, 7) is 4.21. The summed E-state index contributed by atoms with van der Waals surface area (Å²) < 4.78 is 13.2. The Kier molecular flexibility index (Phi) is 3.91. The second kappa shape index (κ2) is 5.58. The van der Waals surface area contributed by atoms with E-state index in [9.17, 15) is 9.50 Å². The largest absolute Gasteiger partial charge is 0.387 e. The molecule has 0 heterocycles. The van der Waals surface area contributed by atoms with Gasteiger partial charge in [-0.25, -0.2) is 4.39 Å². The van der Waals surface area contributed by atoms with Crippen molar-refractivity contribution in [3.8, 4) is 0 Å². The SMILES string of the molecule is C/C=C1/CC[C@H]2[C@@H]3CC[C@@H]4C[C@@](O)(CF)CC[C@@H]4[C@H]3CC[C@]12C. The molecule has 23 heavy (non-hydrogen) atoms. The van der Waals surface area contributed by atoms with E-state index in [1.165, 1.54) is 38.5 Å². The Balaban J connectivity index is 1.55. The van der Waals surface area contributed by atoms with Crippen LogP contribution in [0.5, 0.6) is 0 Å². The van der Waals surface area contributed by atoms with E-state index >= 15 is 0 Å². The highest BCUT2D eigenvalue weighted by molar-refractivity contribution is 5.23. The van der Waals surface area contributed by atoms with Crippen LogP contribution < -0.4 is 0 Å². The zero-order valence-corrected chi connectivity index (χ0v) is 14.9. The van der Waals surface area contributed by atoms with Gasteiger partial charge in [-0.3, -0.25) is 0 Å². The standard InChI is InChI=1S/C21H33FO/c1-3-15-5-7-19-18-6-4-14-12-21(23,13-22)11-9-16(14)17(18)8-10-20(15,19)2/h3,14,16-19,23H,4-13H2,1-2H3/b15-3-/t14-,16+,17-,18-,19+,20-,21-/m1/s1. The Hall–Kier alpha value is -0.370. The second-order valence-electron chi connectivity index (χ2n) is 9.34. The molecule has 0 unspecified atom stereocenters. The summed E-state index contributed by atoms with van der Waals surface area (Å²) in [7, 11) is 0. The molecule has 1 N–H and O–H groups in total. The van der Waals surface area contributed by atoms with Gasteiger partial charge in [0, 0.05) is 0 Å². The predicted octanol–water partition coefficient (Wildman–Crippen LogP) is 5.29. The molecule has 7 atom stereocenters.